The molecule has 0 aromatic carbocycles. The Kier molecular flexibility index (Phi) is 63.5. The van der Waals surface area contributed by atoms with Crippen LogP contribution in [0.4, 0.5) is 0 Å². The van der Waals surface area contributed by atoms with Gasteiger partial charge >= 0.3 is 33.9 Å². The summed E-state index contributed by atoms with van der Waals surface area (Å²) in [5, 5.41) is 0. The summed E-state index contributed by atoms with van der Waals surface area (Å²) in [6.45, 7) is 25.2. The van der Waals surface area contributed by atoms with E-state index in [4.69, 9.17) is 14.0 Å². The Hall–Kier alpha value is -1.04. The summed E-state index contributed by atoms with van der Waals surface area (Å²) < 4.78 is 22.5. The molecule has 0 rings (SSSR count). The molecule has 0 aromatic heterocycles. The second-order valence-corrected chi connectivity index (χ2v) is 2.68. The quantitative estimate of drug-likeness (QED) is 0.248. The van der Waals surface area contributed by atoms with Crippen molar-refractivity contribution in [2.75, 3.05) is 0 Å². The zero-order valence-electron chi connectivity index (χ0n) is 10.1. The maximum atomic E-state index is 7.50. The number of rotatable bonds is 4. The SMILES string of the molecule is C=CC(=C)CCC=C(C)C.[C-]#[O+].[C-]#[O+].[C-]#[O+].[Fe]. The van der Waals surface area contributed by atoms with Gasteiger partial charge in [0.05, 0.1) is 0 Å². The molecule has 0 fully saturated rings. The summed E-state index contributed by atoms with van der Waals surface area (Å²) >= 11 is 0. The maximum Gasteiger partial charge on any atom is 0 e. The van der Waals surface area contributed by atoms with Crippen LogP contribution in [0.5, 0.6) is 0 Å². The van der Waals surface area contributed by atoms with Gasteiger partial charge in [0, 0.05) is 17.1 Å². The van der Waals surface area contributed by atoms with Gasteiger partial charge in [0.15, 0.2) is 0 Å². The molecule has 0 spiro atoms. The fraction of sp³-hybridized carbons (Fsp3) is 0.308. The third kappa shape index (κ3) is 51.9. The van der Waals surface area contributed by atoms with Crippen LogP contribution in [0.1, 0.15) is 26.7 Å². The molecule has 0 amide bonds. The third-order valence-corrected chi connectivity index (χ3v) is 1.31. The Labute approximate surface area is 114 Å². The first-order valence-corrected chi connectivity index (χ1v) is 4.21. The van der Waals surface area contributed by atoms with E-state index >= 15 is 0 Å². The van der Waals surface area contributed by atoms with E-state index in [-0.39, 0.29) is 17.1 Å². The molecular formula is C13H16FeO3. The van der Waals surface area contributed by atoms with Gasteiger partial charge in [-0.1, -0.05) is 36.5 Å². The van der Waals surface area contributed by atoms with Crippen molar-refractivity contribution in [1.82, 2.24) is 0 Å². The summed E-state index contributed by atoms with van der Waals surface area (Å²) in [5.41, 5.74) is 2.49. The largest absolute Gasteiger partial charge is 0 e. The molecule has 3 nitrogen and oxygen atoms in total. The summed E-state index contributed by atoms with van der Waals surface area (Å²) in [6.07, 6.45) is 6.16. The average molecular weight is 276 g/mol. The van der Waals surface area contributed by atoms with E-state index in [1.165, 1.54) is 5.57 Å². The Morgan fingerprint density at radius 2 is 1.41 bits per heavy atom. The van der Waals surface area contributed by atoms with Crippen LogP contribution in [-0.4, -0.2) is 0 Å². The van der Waals surface area contributed by atoms with Gasteiger partial charge in [0.25, 0.3) is 0 Å². The molecule has 0 atom stereocenters. The van der Waals surface area contributed by atoms with Crippen molar-refractivity contribution in [3.05, 3.63) is 56.4 Å². The molecule has 0 aromatic rings. The van der Waals surface area contributed by atoms with E-state index in [0.29, 0.717) is 0 Å². The minimum Gasteiger partial charge on any atom is 0 e. The summed E-state index contributed by atoms with van der Waals surface area (Å²) in [7, 11) is 0. The van der Waals surface area contributed by atoms with Crippen LogP contribution in [0.3, 0.4) is 0 Å². The molecule has 0 aliphatic heterocycles. The summed E-state index contributed by atoms with van der Waals surface area (Å²) in [5.74, 6) is 0. The average Bonchev–Trinajstić information content (AvgIpc) is 2.36. The van der Waals surface area contributed by atoms with Gasteiger partial charge in [-0.2, -0.15) is 0 Å². The van der Waals surface area contributed by atoms with Crippen molar-refractivity contribution in [3.8, 4) is 0 Å². The van der Waals surface area contributed by atoms with Crippen LogP contribution in [0.2, 0.25) is 0 Å². The van der Waals surface area contributed by atoms with Crippen molar-refractivity contribution in [2.24, 2.45) is 0 Å². The van der Waals surface area contributed by atoms with E-state index < -0.39 is 0 Å². The second-order valence-electron chi connectivity index (χ2n) is 2.68. The molecule has 0 radical (unpaired) electrons. The van der Waals surface area contributed by atoms with E-state index in [2.05, 4.69) is 53.0 Å². The first kappa shape index (κ1) is 29.7. The van der Waals surface area contributed by atoms with Gasteiger partial charge in [0.1, 0.15) is 0 Å². The number of hydrogen-bond acceptors (Lipinski definition) is 0. The fourth-order valence-electron chi connectivity index (χ4n) is 0.648. The van der Waals surface area contributed by atoms with Crippen LogP contribution in [0, 0.1) is 20.0 Å². The molecule has 0 heterocycles. The van der Waals surface area contributed by atoms with Gasteiger partial charge in [-0.25, -0.2) is 0 Å². The fourth-order valence-corrected chi connectivity index (χ4v) is 0.648. The van der Waals surface area contributed by atoms with E-state index in [1.54, 1.807) is 0 Å². The topological polar surface area (TPSA) is 59.7 Å². The molecule has 0 bridgehead atoms. The minimum atomic E-state index is 0. The van der Waals surface area contributed by atoms with Crippen molar-refractivity contribution < 1.29 is 31.0 Å². The minimum absolute atomic E-state index is 0. The predicted molar refractivity (Wildman–Crippen MR) is 59.8 cm³/mol. The van der Waals surface area contributed by atoms with Crippen LogP contribution in [-0.2, 0) is 31.0 Å². The second kappa shape index (κ2) is 36.3. The van der Waals surface area contributed by atoms with Gasteiger partial charge in [-0.3, -0.25) is 0 Å². The third-order valence-electron chi connectivity index (χ3n) is 1.31. The Morgan fingerprint density at radius 3 is 1.65 bits per heavy atom. The molecule has 0 unspecified atom stereocenters. The zero-order chi connectivity index (χ0) is 14.0. The van der Waals surface area contributed by atoms with Crippen LogP contribution < -0.4 is 0 Å². The predicted octanol–water partition coefficient (Wildman–Crippen LogP) is 3.36. The molecule has 0 aliphatic carbocycles. The molecule has 0 saturated carbocycles. The van der Waals surface area contributed by atoms with Gasteiger partial charge in [0.2, 0.25) is 0 Å². The van der Waals surface area contributed by atoms with Crippen molar-refractivity contribution in [2.45, 2.75) is 26.7 Å². The van der Waals surface area contributed by atoms with Gasteiger partial charge < -0.3 is 0 Å². The van der Waals surface area contributed by atoms with E-state index in [0.717, 1.165) is 18.4 Å². The number of allylic oxidation sites excluding steroid dienone is 4. The summed E-state index contributed by atoms with van der Waals surface area (Å²) in [6, 6.07) is 0. The monoisotopic (exact) mass is 276 g/mol. The van der Waals surface area contributed by atoms with Crippen molar-refractivity contribution in [1.29, 1.82) is 0 Å². The maximum absolute atomic E-state index is 7.50. The van der Waals surface area contributed by atoms with Crippen molar-refractivity contribution in [3.63, 3.8) is 0 Å². The molecular weight excluding hydrogens is 260 g/mol. The van der Waals surface area contributed by atoms with Crippen LogP contribution >= 0.6 is 0 Å². The molecule has 94 valence electrons. The first-order chi connectivity index (χ1) is 7.66. The molecule has 17 heavy (non-hydrogen) atoms. The summed E-state index contributed by atoms with van der Waals surface area (Å²) in [4.78, 5) is 0. The van der Waals surface area contributed by atoms with Crippen LogP contribution in [0.25, 0.3) is 0 Å². The molecule has 4 heteroatoms. The standard InChI is InChI=1S/C10H16.3CO.Fe/c1-5-10(4)8-6-7-9(2)3;3*1-2;/h5,7H,1,4,6,8H2,2-3H3;;;;. The Bertz CT molecular complexity index is 241. The van der Waals surface area contributed by atoms with Gasteiger partial charge in [-0.15, -0.1) is 0 Å². The normalized spacial score (nSPS) is 5.41. The van der Waals surface area contributed by atoms with Crippen LogP contribution in [0.15, 0.2) is 36.5 Å². The molecule has 0 N–H and O–H groups in total. The van der Waals surface area contributed by atoms with Crippen molar-refractivity contribution >= 4 is 0 Å². The zero-order valence-corrected chi connectivity index (χ0v) is 11.2. The Morgan fingerprint density at radius 1 is 1.06 bits per heavy atom. The molecule has 0 saturated heterocycles. The van der Waals surface area contributed by atoms with Gasteiger partial charge in [-0.05, 0) is 26.7 Å². The number of hydrogen-bond donors (Lipinski definition) is 0. The Balaban J connectivity index is -0.0000000594. The van der Waals surface area contributed by atoms with E-state index in [1.807, 2.05) is 6.08 Å². The first-order valence-electron chi connectivity index (χ1n) is 4.21. The smallest absolute Gasteiger partial charge is 0 e. The molecule has 0 aliphatic rings. The van der Waals surface area contributed by atoms with E-state index in [9.17, 15) is 0 Å².